The van der Waals surface area contributed by atoms with Crippen LogP contribution in [0.15, 0.2) is 0 Å². The van der Waals surface area contributed by atoms with E-state index in [1.807, 2.05) is 0 Å². The summed E-state index contributed by atoms with van der Waals surface area (Å²) < 4.78 is 0.773. The molecule has 0 aromatic heterocycles. The zero-order valence-electron chi connectivity index (χ0n) is 7.33. The van der Waals surface area contributed by atoms with Crippen molar-refractivity contribution in [3.8, 4) is 0 Å². The van der Waals surface area contributed by atoms with Gasteiger partial charge in [0.05, 0.1) is 0 Å². The first kappa shape index (κ1) is 10.0. The van der Waals surface area contributed by atoms with Crippen molar-refractivity contribution in [1.29, 1.82) is 0 Å². The van der Waals surface area contributed by atoms with Gasteiger partial charge in [-0.25, -0.2) is 0 Å². The summed E-state index contributed by atoms with van der Waals surface area (Å²) in [4.78, 5) is 0. The minimum absolute atomic E-state index is 0.773. The molecular weight excluding hydrogens is 119 g/mol. The van der Waals surface area contributed by atoms with Crippen LogP contribution in [-0.2, 0) is 0 Å². The molecule has 0 amide bonds. The normalized spacial score (nSPS) is 12.1. The predicted octanol–water partition coefficient (Wildman–Crippen LogP) is 2.93. The molecule has 9 heavy (non-hydrogen) atoms. The summed E-state index contributed by atoms with van der Waals surface area (Å²) in [6.45, 7) is 6.94. The molecule has 0 aromatic carbocycles. The van der Waals surface area contributed by atoms with E-state index >= 15 is 0 Å². The molecule has 50 valence electrons. The van der Waals surface area contributed by atoms with Crippen molar-refractivity contribution in [2.24, 2.45) is 0 Å². The SMILES string of the molecule is CCC[C]([Na])(CC)CC. The quantitative estimate of drug-likeness (QED) is 0.521. The Bertz CT molecular complexity index is 65.0. The summed E-state index contributed by atoms with van der Waals surface area (Å²) in [7, 11) is 0. The van der Waals surface area contributed by atoms with Crippen LogP contribution in [0.4, 0.5) is 0 Å². The maximum atomic E-state index is 2.33. The first-order valence-electron chi connectivity index (χ1n) is 4.18. The molecular formula is C8H17Na. The van der Waals surface area contributed by atoms with Crippen LogP contribution < -0.4 is 0 Å². The Morgan fingerprint density at radius 2 is 1.56 bits per heavy atom. The van der Waals surface area contributed by atoms with Crippen LogP contribution in [0.5, 0.6) is 0 Å². The van der Waals surface area contributed by atoms with Crippen LogP contribution >= 0.6 is 0 Å². The third-order valence-corrected chi connectivity index (χ3v) is 4.47. The fraction of sp³-hybridized carbons (Fsp3) is 1.00. The molecule has 0 atom stereocenters. The van der Waals surface area contributed by atoms with Crippen LogP contribution in [-0.4, -0.2) is 27.9 Å². The molecule has 0 aliphatic carbocycles. The monoisotopic (exact) mass is 136 g/mol. The third kappa shape index (κ3) is 3.64. The Morgan fingerprint density at radius 1 is 1.11 bits per heavy atom. The van der Waals surface area contributed by atoms with Crippen LogP contribution in [0.1, 0.15) is 46.5 Å². The second-order valence-corrected chi connectivity index (χ2v) is 5.39. The van der Waals surface area contributed by atoms with E-state index in [-0.39, 0.29) is 0 Å². The molecule has 0 spiro atoms. The Hall–Kier alpha value is 1.00. The Labute approximate surface area is 76.8 Å². The van der Waals surface area contributed by atoms with E-state index in [4.69, 9.17) is 0 Å². The van der Waals surface area contributed by atoms with E-state index in [0.717, 1.165) is 2.66 Å². The van der Waals surface area contributed by atoms with E-state index in [0.29, 0.717) is 0 Å². The van der Waals surface area contributed by atoms with Gasteiger partial charge in [0.2, 0.25) is 0 Å². The predicted molar refractivity (Wildman–Crippen MR) is 43.9 cm³/mol. The van der Waals surface area contributed by atoms with Crippen molar-refractivity contribution >= 4 is 27.9 Å². The number of rotatable bonds is 4. The van der Waals surface area contributed by atoms with Gasteiger partial charge in [-0.05, 0) is 0 Å². The fourth-order valence-electron chi connectivity index (χ4n) is 1.21. The third-order valence-electron chi connectivity index (χ3n) is 2.56. The summed E-state index contributed by atoms with van der Waals surface area (Å²) >= 11 is 1.38. The summed E-state index contributed by atoms with van der Waals surface area (Å²) in [5.74, 6) is 0. The van der Waals surface area contributed by atoms with Gasteiger partial charge in [-0.3, -0.25) is 0 Å². The first-order chi connectivity index (χ1) is 4.18. The average Bonchev–Trinajstić information content (AvgIpc) is 1.89. The molecule has 0 N–H and O–H groups in total. The van der Waals surface area contributed by atoms with Crippen molar-refractivity contribution in [1.82, 2.24) is 0 Å². The van der Waals surface area contributed by atoms with Gasteiger partial charge in [0, 0.05) is 0 Å². The van der Waals surface area contributed by atoms with E-state index < -0.39 is 0 Å². The molecule has 1 heteroatoms. The molecule has 0 nitrogen and oxygen atoms in total. The second-order valence-electron chi connectivity index (χ2n) is 3.27. The Balaban J connectivity index is 3.62. The zero-order chi connectivity index (χ0) is 7.33. The van der Waals surface area contributed by atoms with Crippen LogP contribution in [0.2, 0.25) is 2.66 Å². The van der Waals surface area contributed by atoms with Gasteiger partial charge in [0.25, 0.3) is 0 Å². The molecule has 0 aromatic rings. The molecule has 0 saturated heterocycles. The number of hydrogen-bond donors (Lipinski definition) is 0. The van der Waals surface area contributed by atoms with E-state index in [1.165, 1.54) is 53.6 Å². The molecule has 0 fully saturated rings. The molecule has 0 aliphatic rings. The maximum absolute atomic E-state index is 2.33. The summed E-state index contributed by atoms with van der Waals surface area (Å²) in [5.41, 5.74) is 0. The van der Waals surface area contributed by atoms with Crippen molar-refractivity contribution in [3.63, 3.8) is 0 Å². The molecule has 0 aliphatic heterocycles. The number of hydrogen-bond acceptors (Lipinski definition) is 0. The molecule has 0 heterocycles. The van der Waals surface area contributed by atoms with Crippen molar-refractivity contribution in [2.45, 2.75) is 49.1 Å². The van der Waals surface area contributed by atoms with Crippen LogP contribution in [0, 0.1) is 0 Å². The van der Waals surface area contributed by atoms with Crippen molar-refractivity contribution in [2.75, 3.05) is 0 Å². The van der Waals surface area contributed by atoms with Gasteiger partial charge in [-0.15, -0.1) is 0 Å². The summed E-state index contributed by atoms with van der Waals surface area (Å²) in [6, 6.07) is 0. The molecule has 0 unspecified atom stereocenters. The summed E-state index contributed by atoms with van der Waals surface area (Å²) in [5, 5.41) is 0. The molecule has 0 bridgehead atoms. The van der Waals surface area contributed by atoms with Gasteiger partial charge in [-0.1, -0.05) is 0 Å². The Morgan fingerprint density at radius 3 is 1.67 bits per heavy atom. The second kappa shape index (κ2) is 4.76. The first-order valence-corrected chi connectivity index (χ1v) is 5.18. The van der Waals surface area contributed by atoms with E-state index in [9.17, 15) is 0 Å². The van der Waals surface area contributed by atoms with E-state index in [1.54, 1.807) is 0 Å². The molecule has 0 rings (SSSR count). The van der Waals surface area contributed by atoms with Crippen molar-refractivity contribution < 1.29 is 0 Å². The average molecular weight is 136 g/mol. The van der Waals surface area contributed by atoms with Gasteiger partial charge in [0.15, 0.2) is 0 Å². The van der Waals surface area contributed by atoms with E-state index in [2.05, 4.69) is 20.8 Å². The molecule has 0 saturated carbocycles. The topological polar surface area (TPSA) is 0 Å². The van der Waals surface area contributed by atoms with Gasteiger partial charge in [0.1, 0.15) is 0 Å². The van der Waals surface area contributed by atoms with Gasteiger partial charge < -0.3 is 0 Å². The van der Waals surface area contributed by atoms with Crippen molar-refractivity contribution in [3.05, 3.63) is 0 Å². The fourth-order valence-corrected chi connectivity index (χ4v) is 1.71. The van der Waals surface area contributed by atoms with Crippen LogP contribution in [0.25, 0.3) is 0 Å². The minimum atomic E-state index is 0.773. The zero-order valence-corrected chi connectivity index (χ0v) is 9.33. The van der Waals surface area contributed by atoms with Gasteiger partial charge >= 0.3 is 77.0 Å². The van der Waals surface area contributed by atoms with Gasteiger partial charge in [-0.2, -0.15) is 0 Å². The molecule has 0 radical (unpaired) electrons. The summed E-state index contributed by atoms with van der Waals surface area (Å²) in [6.07, 6.45) is 5.60. The standard InChI is InChI=1S/C8H17.Na/c1-4-7-8(5-2)6-3;/h4-7H2,1-3H3;. The Kier molecular flexibility index (Phi) is 5.29. The van der Waals surface area contributed by atoms with Crippen LogP contribution in [0.3, 0.4) is 0 Å².